The number of carbonyl (C=O) groups is 1. The third-order valence-corrected chi connectivity index (χ3v) is 4.94. The van der Waals surface area contributed by atoms with Gasteiger partial charge >= 0.3 is 0 Å². The first-order chi connectivity index (χ1) is 13.0. The predicted molar refractivity (Wildman–Crippen MR) is 104 cm³/mol. The quantitative estimate of drug-likeness (QED) is 0.844. The zero-order valence-corrected chi connectivity index (χ0v) is 16.6. The van der Waals surface area contributed by atoms with Gasteiger partial charge in [0.25, 0.3) is 0 Å². The number of nitrogens with zero attached hydrogens (tertiary/aromatic N) is 2. The summed E-state index contributed by atoms with van der Waals surface area (Å²) in [6.07, 6.45) is 4.54. The summed E-state index contributed by atoms with van der Waals surface area (Å²) in [6, 6.07) is 5.87. The van der Waals surface area contributed by atoms with E-state index in [2.05, 4.69) is 24.1 Å². The van der Waals surface area contributed by atoms with E-state index in [1.54, 1.807) is 6.20 Å². The van der Waals surface area contributed by atoms with E-state index in [1.807, 2.05) is 42.8 Å². The van der Waals surface area contributed by atoms with E-state index in [1.165, 1.54) is 0 Å². The van der Waals surface area contributed by atoms with E-state index in [-0.39, 0.29) is 23.8 Å². The molecule has 2 heterocycles. The Morgan fingerprint density at radius 2 is 1.96 bits per heavy atom. The molecule has 0 radical (unpaired) electrons. The minimum Gasteiger partial charge on any atom is -0.490 e. The molecule has 2 atom stereocenters. The van der Waals surface area contributed by atoms with E-state index >= 15 is 0 Å². The molecule has 0 saturated heterocycles. The van der Waals surface area contributed by atoms with Crippen LogP contribution in [0, 0.1) is 18.8 Å². The Hall–Kier alpha value is -2.50. The van der Waals surface area contributed by atoms with Crippen LogP contribution in [0.25, 0.3) is 0 Å². The third-order valence-electron chi connectivity index (χ3n) is 4.94. The molecular formula is C21H29N3O3. The van der Waals surface area contributed by atoms with E-state index in [4.69, 9.17) is 9.47 Å². The maximum Gasteiger partial charge on any atom is 0.225 e. The molecule has 0 saturated carbocycles. The first-order valence-electron chi connectivity index (χ1n) is 9.63. The van der Waals surface area contributed by atoms with E-state index < -0.39 is 0 Å². The van der Waals surface area contributed by atoms with Crippen LogP contribution in [0.1, 0.15) is 44.6 Å². The summed E-state index contributed by atoms with van der Waals surface area (Å²) in [5.74, 6) is 2.58. The average molecular weight is 371 g/mol. The van der Waals surface area contributed by atoms with Crippen LogP contribution in [0.5, 0.6) is 11.5 Å². The highest BCUT2D eigenvalue weighted by Crippen LogP contribution is 2.34. The minimum atomic E-state index is -0.153. The molecule has 0 fully saturated rings. The minimum absolute atomic E-state index is 0.0360. The van der Waals surface area contributed by atoms with E-state index in [0.717, 1.165) is 29.3 Å². The number of nitrogens with one attached hydrogen (secondary N) is 1. The lowest BCUT2D eigenvalue weighted by Crippen LogP contribution is -2.36. The average Bonchev–Trinajstić information content (AvgIpc) is 2.90. The van der Waals surface area contributed by atoms with Crippen LogP contribution in [0.2, 0.25) is 0 Å². The molecule has 1 aromatic heterocycles. The Morgan fingerprint density at radius 3 is 2.63 bits per heavy atom. The maximum absolute atomic E-state index is 12.8. The summed E-state index contributed by atoms with van der Waals surface area (Å²) < 4.78 is 13.5. The molecule has 0 unspecified atom stereocenters. The summed E-state index contributed by atoms with van der Waals surface area (Å²) in [5.41, 5.74) is 1.04. The number of rotatable bonds is 6. The number of hydrogen-bond donors (Lipinski definition) is 1. The standard InChI is InChI=1S/C21H29N3O3/c1-14(2)20(17-6-7-18-19(12-17)27-11-5-10-26-18)23-21(25)15(3)13-24-9-8-22-16(24)4/h6-9,12,14-15,20H,5,10-11,13H2,1-4H3,(H,23,25)/t15-,20-/m1/s1. The van der Waals surface area contributed by atoms with Crippen molar-refractivity contribution in [3.8, 4) is 11.5 Å². The van der Waals surface area contributed by atoms with Gasteiger partial charge in [0.15, 0.2) is 11.5 Å². The molecule has 1 aliphatic heterocycles. The molecular weight excluding hydrogens is 342 g/mol. The van der Waals surface area contributed by atoms with Gasteiger partial charge in [-0.15, -0.1) is 0 Å². The normalized spacial score (nSPS) is 15.9. The topological polar surface area (TPSA) is 65.4 Å². The maximum atomic E-state index is 12.8. The molecule has 1 aliphatic rings. The lowest BCUT2D eigenvalue weighted by molar-refractivity contribution is -0.126. The second-order valence-corrected chi connectivity index (χ2v) is 7.51. The Morgan fingerprint density at radius 1 is 1.22 bits per heavy atom. The van der Waals surface area contributed by atoms with Crippen molar-refractivity contribution in [1.29, 1.82) is 0 Å². The van der Waals surface area contributed by atoms with Gasteiger partial charge in [0.1, 0.15) is 5.82 Å². The van der Waals surface area contributed by atoms with Gasteiger partial charge < -0.3 is 19.4 Å². The summed E-state index contributed by atoms with van der Waals surface area (Å²) in [6.45, 7) is 10.0. The number of fused-ring (bicyclic) bond motifs is 1. The number of benzene rings is 1. The highest BCUT2D eigenvalue weighted by Gasteiger charge is 2.23. The number of imidazole rings is 1. The summed E-state index contributed by atoms with van der Waals surface area (Å²) in [4.78, 5) is 17.0. The van der Waals surface area contributed by atoms with Crippen LogP contribution in [0.4, 0.5) is 0 Å². The molecule has 0 bridgehead atoms. The molecule has 6 heteroatoms. The molecule has 1 N–H and O–H groups in total. The fraction of sp³-hybridized carbons (Fsp3) is 0.524. The number of carbonyl (C=O) groups excluding carboxylic acids is 1. The molecule has 1 amide bonds. The van der Waals surface area contributed by atoms with Crippen LogP contribution in [-0.2, 0) is 11.3 Å². The molecule has 6 nitrogen and oxygen atoms in total. The largest absolute Gasteiger partial charge is 0.490 e. The number of aromatic nitrogens is 2. The van der Waals surface area contributed by atoms with Crippen LogP contribution in [-0.4, -0.2) is 28.7 Å². The highest BCUT2D eigenvalue weighted by molar-refractivity contribution is 5.78. The fourth-order valence-electron chi connectivity index (χ4n) is 3.28. The summed E-state index contributed by atoms with van der Waals surface area (Å²) in [5, 5.41) is 3.22. The van der Waals surface area contributed by atoms with Crippen molar-refractivity contribution in [3.05, 3.63) is 42.0 Å². The van der Waals surface area contributed by atoms with Crippen molar-refractivity contribution >= 4 is 5.91 Å². The van der Waals surface area contributed by atoms with Crippen LogP contribution in [0.3, 0.4) is 0 Å². The van der Waals surface area contributed by atoms with Gasteiger partial charge in [0.05, 0.1) is 25.2 Å². The van der Waals surface area contributed by atoms with Gasteiger partial charge in [-0.3, -0.25) is 4.79 Å². The molecule has 0 spiro atoms. The van der Waals surface area contributed by atoms with Gasteiger partial charge in [-0.2, -0.15) is 0 Å². The molecule has 0 aliphatic carbocycles. The van der Waals surface area contributed by atoms with Crippen molar-refractivity contribution < 1.29 is 14.3 Å². The molecule has 27 heavy (non-hydrogen) atoms. The lowest BCUT2D eigenvalue weighted by Gasteiger charge is -2.25. The number of aryl methyl sites for hydroxylation is 1. The van der Waals surface area contributed by atoms with Gasteiger partial charge in [0.2, 0.25) is 5.91 Å². The van der Waals surface area contributed by atoms with Gasteiger partial charge in [0, 0.05) is 25.4 Å². The second kappa shape index (κ2) is 8.46. The lowest BCUT2D eigenvalue weighted by atomic mass is 9.94. The number of hydrogen-bond acceptors (Lipinski definition) is 4. The van der Waals surface area contributed by atoms with Gasteiger partial charge in [-0.25, -0.2) is 4.98 Å². The fourth-order valence-corrected chi connectivity index (χ4v) is 3.28. The Labute approximate surface area is 160 Å². The number of ether oxygens (including phenoxy) is 2. The van der Waals surface area contributed by atoms with Crippen molar-refractivity contribution in [3.63, 3.8) is 0 Å². The predicted octanol–water partition coefficient (Wildman–Crippen LogP) is 3.50. The molecule has 146 valence electrons. The molecule has 1 aromatic carbocycles. The van der Waals surface area contributed by atoms with E-state index in [0.29, 0.717) is 19.8 Å². The number of amides is 1. The SMILES string of the molecule is Cc1nccn1C[C@@H](C)C(=O)N[C@@H](c1ccc2c(c1)OCCCO2)C(C)C. The van der Waals surface area contributed by atoms with E-state index in [9.17, 15) is 4.79 Å². The first-order valence-corrected chi connectivity index (χ1v) is 9.63. The Bertz CT molecular complexity index is 785. The van der Waals surface area contributed by atoms with Crippen molar-refractivity contribution in [1.82, 2.24) is 14.9 Å². The Kier molecular flexibility index (Phi) is 6.04. The monoisotopic (exact) mass is 371 g/mol. The van der Waals surface area contributed by atoms with Crippen LogP contribution < -0.4 is 14.8 Å². The highest BCUT2D eigenvalue weighted by atomic mass is 16.5. The first kappa shape index (κ1) is 19.3. The summed E-state index contributed by atoms with van der Waals surface area (Å²) in [7, 11) is 0. The van der Waals surface area contributed by atoms with Crippen molar-refractivity contribution in [2.75, 3.05) is 13.2 Å². The Balaban J connectivity index is 1.73. The smallest absolute Gasteiger partial charge is 0.225 e. The van der Waals surface area contributed by atoms with Gasteiger partial charge in [-0.05, 0) is 30.5 Å². The van der Waals surface area contributed by atoms with Gasteiger partial charge in [-0.1, -0.05) is 26.8 Å². The third kappa shape index (κ3) is 4.62. The zero-order chi connectivity index (χ0) is 19.4. The van der Waals surface area contributed by atoms with Crippen molar-refractivity contribution in [2.45, 2.75) is 46.7 Å². The summed E-state index contributed by atoms with van der Waals surface area (Å²) >= 11 is 0. The zero-order valence-electron chi connectivity index (χ0n) is 16.6. The van der Waals surface area contributed by atoms with Crippen molar-refractivity contribution in [2.24, 2.45) is 11.8 Å². The molecule has 3 rings (SSSR count). The second-order valence-electron chi connectivity index (χ2n) is 7.51. The molecule has 2 aromatic rings. The van der Waals surface area contributed by atoms with Crippen LogP contribution in [0.15, 0.2) is 30.6 Å². The van der Waals surface area contributed by atoms with Crippen LogP contribution >= 0.6 is 0 Å².